The van der Waals surface area contributed by atoms with Gasteiger partial charge in [0, 0.05) is 0 Å². The first kappa shape index (κ1) is 15.9. The van der Waals surface area contributed by atoms with Gasteiger partial charge in [0.15, 0.2) is 0 Å². The SMILES string of the molecule is FP1(F)=NP(F)(F)=NP(Cl)(Cl)=NP(Cl)(Cl)=N1. The lowest BCUT2D eigenvalue weighted by molar-refractivity contribution is 0.704. The van der Waals surface area contributed by atoms with Crippen LogP contribution in [0.4, 0.5) is 16.8 Å². The Bertz CT molecular complexity index is 394. The Kier molecular flexibility index (Phi) is 4.68. The summed E-state index contributed by atoms with van der Waals surface area (Å²) in [7, 11) is -11.3. The van der Waals surface area contributed by atoms with Gasteiger partial charge in [-0.15, -0.1) is 21.3 Å². The molecule has 1 aliphatic rings. The highest BCUT2D eigenvalue weighted by atomic mass is 35.9. The van der Waals surface area contributed by atoms with Crippen LogP contribution < -0.4 is 0 Å². The molecule has 0 amide bonds. The van der Waals surface area contributed by atoms with Gasteiger partial charge in [-0.05, 0) is 45.0 Å². The van der Waals surface area contributed by atoms with E-state index in [1.165, 1.54) is 0 Å². The Morgan fingerprint density at radius 1 is 0.562 bits per heavy atom. The molecular weight excluding hydrogens is 398 g/mol. The molecule has 0 N–H and O–H groups in total. The maximum absolute atomic E-state index is 12.9. The number of halogens is 8. The Morgan fingerprint density at radius 3 is 1.44 bits per heavy atom. The molecule has 0 unspecified atom stereocenters. The van der Waals surface area contributed by atoms with E-state index < -0.39 is 27.5 Å². The molecule has 0 atom stereocenters. The third-order valence-electron chi connectivity index (χ3n) is 0.861. The minimum absolute atomic E-state index is 1.97. The van der Waals surface area contributed by atoms with E-state index in [2.05, 4.69) is 13.5 Å². The second kappa shape index (κ2) is 4.72. The average molecular weight is 398 g/mol. The summed E-state index contributed by atoms with van der Waals surface area (Å²) in [5, 5.41) is 0. The highest BCUT2D eigenvalue weighted by Crippen LogP contribution is 2.85. The molecule has 0 fully saturated rings. The van der Waals surface area contributed by atoms with E-state index >= 15 is 0 Å². The first-order chi connectivity index (χ1) is 6.83. The molecule has 16 heavy (non-hydrogen) atoms. The molecule has 4 nitrogen and oxygen atoms in total. The van der Waals surface area contributed by atoms with Crippen molar-refractivity contribution in [1.82, 2.24) is 0 Å². The van der Waals surface area contributed by atoms with Crippen molar-refractivity contribution in [3.05, 3.63) is 0 Å². The molecule has 1 rings (SSSR count). The van der Waals surface area contributed by atoms with Crippen molar-refractivity contribution in [1.29, 1.82) is 0 Å². The maximum atomic E-state index is 12.9. The summed E-state index contributed by atoms with van der Waals surface area (Å²) in [6.07, 6.45) is 0. The molecule has 96 valence electrons. The van der Waals surface area contributed by atoms with Crippen LogP contribution >= 0.6 is 72.4 Å². The second-order valence-electron chi connectivity index (χ2n) is 2.18. The smallest absolute Gasteiger partial charge is 0.185 e. The fourth-order valence-electron chi connectivity index (χ4n) is 0.589. The molecule has 0 radical (unpaired) electrons. The van der Waals surface area contributed by atoms with Crippen molar-refractivity contribution >= 4 is 72.4 Å². The summed E-state index contributed by atoms with van der Waals surface area (Å²) in [5.41, 5.74) is 0. The van der Waals surface area contributed by atoms with Crippen molar-refractivity contribution in [2.45, 2.75) is 0 Å². The first-order valence-electron chi connectivity index (χ1n) is 2.95. The fraction of sp³-hybridized carbons (Fsp3) is 0. The van der Waals surface area contributed by atoms with E-state index in [0.717, 1.165) is 0 Å². The molecule has 0 spiro atoms. The van der Waals surface area contributed by atoms with Gasteiger partial charge >= 0.3 is 15.7 Å². The second-order valence-corrected chi connectivity index (χ2v) is 15.4. The summed E-state index contributed by atoms with van der Waals surface area (Å²) in [6.45, 7) is 0. The van der Waals surface area contributed by atoms with Crippen LogP contribution in [0.3, 0.4) is 0 Å². The average Bonchev–Trinajstić information content (AvgIpc) is 1.67. The van der Waals surface area contributed by atoms with Crippen LogP contribution in [-0.2, 0) is 0 Å². The maximum Gasteiger partial charge on any atom is 0.423 e. The lowest BCUT2D eigenvalue weighted by Gasteiger charge is -2.12. The van der Waals surface area contributed by atoms with E-state index in [1.54, 1.807) is 0 Å². The summed E-state index contributed by atoms with van der Waals surface area (Å²) in [5.74, 6) is -7.86. The number of rotatable bonds is 0. The topological polar surface area (TPSA) is 49.4 Å². The van der Waals surface area contributed by atoms with Gasteiger partial charge in [0.05, 0.1) is 0 Å². The quantitative estimate of drug-likeness (QED) is 0.290. The van der Waals surface area contributed by atoms with Crippen molar-refractivity contribution in [3.8, 4) is 0 Å². The molecule has 0 saturated carbocycles. The van der Waals surface area contributed by atoms with Gasteiger partial charge in [-0.1, -0.05) is 0 Å². The van der Waals surface area contributed by atoms with Crippen LogP contribution in [-0.4, -0.2) is 0 Å². The third-order valence-corrected chi connectivity index (χ3v) is 12.6. The van der Waals surface area contributed by atoms with Crippen LogP contribution in [0.1, 0.15) is 0 Å². The standard InChI is InChI=1S/Cl4F4N4P4/c1-13(2)9-14(3,4)11-16(7,8)12-15(5,6)10-13. The molecule has 16 heteroatoms. The van der Waals surface area contributed by atoms with Crippen molar-refractivity contribution in [3.63, 3.8) is 0 Å². The summed E-state index contributed by atoms with van der Waals surface area (Å²) >= 11 is 21.2. The predicted molar refractivity (Wildman–Crippen MR) is 65.2 cm³/mol. The molecule has 0 bridgehead atoms. The molecule has 0 aromatic heterocycles. The Morgan fingerprint density at radius 2 is 0.938 bits per heavy atom. The van der Waals surface area contributed by atoms with Crippen molar-refractivity contribution in [2.75, 3.05) is 0 Å². The van der Waals surface area contributed by atoms with Gasteiger partial charge in [0.25, 0.3) is 11.8 Å². The summed E-state index contributed by atoms with van der Waals surface area (Å²) in [4.78, 5) is 0. The number of nitrogens with zero attached hydrogens (tertiary/aromatic N) is 4. The zero-order valence-electron chi connectivity index (χ0n) is 6.60. The monoisotopic (exact) mass is 396 g/mol. The van der Waals surface area contributed by atoms with Gasteiger partial charge in [-0.25, -0.2) is 0 Å². The third kappa shape index (κ3) is 5.20. The normalized spacial score (nSPS) is 29.5. The van der Waals surface area contributed by atoms with Crippen LogP contribution in [0.15, 0.2) is 18.1 Å². The van der Waals surface area contributed by atoms with Crippen molar-refractivity contribution < 1.29 is 16.8 Å². The molecule has 0 saturated heterocycles. The Balaban J connectivity index is 3.67. The van der Waals surface area contributed by atoms with Gasteiger partial charge < -0.3 is 0 Å². The number of hydrogen-bond acceptors (Lipinski definition) is 4. The zero-order chi connectivity index (χ0) is 12.8. The fourth-order valence-corrected chi connectivity index (χ4v) is 14.3. The zero-order valence-corrected chi connectivity index (χ0v) is 13.2. The van der Waals surface area contributed by atoms with Crippen LogP contribution in [0.25, 0.3) is 0 Å². The van der Waals surface area contributed by atoms with Gasteiger partial charge in [0.2, 0.25) is 0 Å². The minimum atomic E-state index is -5.66. The van der Waals surface area contributed by atoms with Crippen LogP contribution in [0.2, 0.25) is 0 Å². The molecule has 0 aromatic rings. The van der Waals surface area contributed by atoms with E-state index in [9.17, 15) is 16.8 Å². The van der Waals surface area contributed by atoms with Crippen LogP contribution in [0, 0.1) is 0 Å². The number of hydrogen-bond donors (Lipinski definition) is 0. The van der Waals surface area contributed by atoms with E-state index in [4.69, 9.17) is 45.0 Å². The summed E-state index contributed by atoms with van der Waals surface area (Å²) in [6, 6.07) is 0. The summed E-state index contributed by atoms with van der Waals surface area (Å²) < 4.78 is 61.6. The Hall–Kier alpha value is 1.80. The lowest BCUT2D eigenvalue weighted by atomic mass is 13.8. The Labute approximate surface area is 107 Å². The lowest BCUT2D eigenvalue weighted by Crippen LogP contribution is -1.64. The molecule has 1 heterocycles. The van der Waals surface area contributed by atoms with Gasteiger partial charge in [-0.2, -0.15) is 13.5 Å². The van der Waals surface area contributed by atoms with Gasteiger partial charge in [0.1, 0.15) is 0 Å². The van der Waals surface area contributed by atoms with Crippen molar-refractivity contribution in [2.24, 2.45) is 18.1 Å². The van der Waals surface area contributed by atoms with Crippen LogP contribution in [0.5, 0.6) is 0 Å². The van der Waals surface area contributed by atoms with E-state index in [-0.39, 0.29) is 0 Å². The molecule has 1 aliphatic heterocycles. The highest BCUT2D eigenvalue weighted by molar-refractivity contribution is 8.19. The molecule has 0 aromatic carbocycles. The molecular formula is Cl4F4N4P4. The van der Waals surface area contributed by atoms with Gasteiger partial charge in [-0.3, -0.25) is 0 Å². The predicted octanol–water partition coefficient (Wildman–Crippen LogP) is 8.62. The van der Waals surface area contributed by atoms with E-state index in [1.807, 2.05) is 4.52 Å². The first-order valence-corrected chi connectivity index (χ1v) is 12.9. The minimum Gasteiger partial charge on any atom is -0.185 e. The highest BCUT2D eigenvalue weighted by Gasteiger charge is 2.35. The largest absolute Gasteiger partial charge is 0.423 e. The van der Waals surface area contributed by atoms with E-state index in [0.29, 0.717) is 0 Å². The molecule has 0 aliphatic carbocycles.